The van der Waals surface area contributed by atoms with Crippen molar-refractivity contribution in [1.82, 2.24) is 4.98 Å². The Balaban J connectivity index is 1.67. The molecule has 6 heteroatoms. The van der Waals surface area contributed by atoms with E-state index in [1.54, 1.807) is 6.20 Å². The smallest absolute Gasteiger partial charge is 0.311 e. The topological polar surface area (TPSA) is 70.2 Å². The number of carboxylic acids is 1. The van der Waals surface area contributed by atoms with Crippen molar-refractivity contribution in [3.05, 3.63) is 70.9 Å². The average Bonchev–Trinajstić information content (AvgIpc) is 3.00. The number of hydrogen-bond donors (Lipinski definition) is 2. The van der Waals surface area contributed by atoms with Gasteiger partial charge < -0.3 is 10.1 Å². The molecule has 28 heavy (non-hydrogen) atoms. The molecule has 144 valence electrons. The second-order valence-electron chi connectivity index (χ2n) is 7.32. The zero-order chi connectivity index (χ0) is 19.8. The number of carbonyl (C=O) groups is 2. The maximum absolute atomic E-state index is 13.9. The van der Waals surface area contributed by atoms with Gasteiger partial charge in [-0.05, 0) is 54.2 Å². The van der Waals surface area contributed by atoms with Gasteiger partial charge in [0.15, 0.2) is 5.78 Å². The summed E-state index contributed by atoms with van der Waals surface area (Å²) < 4.78 is 27.0. The van der Waals surface area contributed by atoms with Crippen molar-refractivity contribution < 1.29 is 23.5 Å². The number of hydrogen-bond acceptors (Lipinski definition) is 2. The van der Waals surface area contributed by atoms with E-state index < -0.39 is 35.7 Å². The van der Waals surface area contributed by atoms with E-state index >= 15 is 0 Å². The second-order valence-corrected chi connectivity index (χ2v) is 7.32. The molecule has 1 aliphatic carbocycles. The van der Waals surface area contributed by atoms with Gasteiger partial charge in [0.2, 0.25) is 0 Å². The van der Waals surface area contributed by atoms with Crippen LogP contribution < -0.4 is 0 Å². The maximum atomic E-state index is 13.9. The zero-order valence-corrected chi connectivity index (χ0v) is 15.0. The van der Waals surface area contributed by atoms with E-state index in [1.165, 1.54) is 12.0 Å². The molecule has 0 aliphatic heterocycles. The van der Waals surface area contributed by atoms with Crippen LogP contribution >= 0.6 is 0 Å². The fraction of sp³-hybridized carbons (Fsp3) is 0.273. The summed E-state index contributed by atoms with van der Waals surface area (Å²) in [6.07, 6.45) is 4.63. The Morgan fingerprint density at radius 2 is 1.93 bits per heavy atom. The number of carboxylic acid groups (broad SMARTS) is 1. The molecule has 0 spiro atoms. The van der Waals surface area contributed by atoms with Gasteiger partial charge in [-0.25, -0.2) is 8.78 Å². The Morgan fingerprint density at radius 1 is 1.14 bits per heavy atom. The Labute approximate surface area is 160 Å². The van der Waals surface area contributed by atoms with Crippen LogP contribution in [-0.2, 0) is 4.79 Å². The van der Waals surface area contributed by atoms with E-state index in [2.05, 4.69) is 4.98 Å². The number of H-pyrrole nitrogens is 1. The third-order valence-corrected chi connectivity index (χ3v) is 5.61. The first-order valence-corrected chi connectivity index (χ1v) is 9.26. The highest BCUT2D eigenvalue weighted by Crippen LogP contribution is 2.39. The van der Waals surface area contributed by atoms with Gasteiger partial charge >= 0.3 is 5.97 Å². The van der Waals surface area contributed by atoms with Crippen LogP contribution in [0.2, 0.25) is 0 Å². The number of ketones is 1. The van der Waals surface area contributed by atoms with E-state index in [0.29, 0.717) is 17.5 Å². The van der Waals surface area contributed by atoms with Gasteiger partial charge in [0.05, 0.1) is 11.5 Å². The number of rotatable bonds is 6. The summed E-state index contributed by atoms with van der Waals surface area (Å²) in [6, 6.07) is 8.62. The summed E-state index contributed by atoms with van der Waals surface area (Å²) in [5.41, 5.74) is 2.16. The van der Waals surface area contributed by atoms with Gasteiger partial charge in [-0.1, -0.05) is 12.5 Å². The van der Waals surface area contributed by atoms with Crippen LogP contribution in [-0.4, -0.2) is 21.8 Å². The minimum absolute atomic E-state index is 0.303. The normalized spacial score (nSPS) is 15.4. The van der Waals surface area contributed by atoms with Crippen LogP contribution in [0.1, 0.15) is 59.0 Å². The maximum Gasteiger partial charge on any atom is 0.311 e. The molecule has 1 heterocycles. The monoisotopic (exact) mass is 383 g/mol. The molecule has 1 aliphatic rings. The molecule has 2 aromatic carbocycles. The number of benzene rings is 2. The molecule has 1 saturated carbocycles. The lowest BCUT2D eigenvalue weighted by Crippen LogP contribution is -2.17. The highest BCUT2D eigenvalue weighted by atomic mass is 19.1. The van der Waals surface area contributed by atoms with Gasteiger partial charge in [0.1, 0.15) is 11.6 Å². The number of carbonyl (C=O) groups excluding carboxylic acids is 1. The second kappa shape index (κ2) is 7.19. The number of aromatic nitrogens is 1. The standard InChI is InChI=1S/C22H19F2NO3/c23-14-5-6-15(19(24)9-14)21(26)10-17(22(27)28)18-11-25-20-7-4-13(8-16(18)20)12-2-1-3-12/h4-9,11-12,17,25H,1-3,10H2,(H,27,28). The average molecular weight is 383 g/mol. The van der Waals surface area contributed by atoms with Crippen LogP contribution in [0, 0.1) is 11.6 Å². The molecule has 1 aromatic heterocycles. The first kappa shape index (κ1) is 18.3. The van der Waals surface area contributed by atoms with Crippen molar-refractivity contribution in [3.8, 4) is 0 Å². The Hall–Kier alpha value is -3.02. The van der Waals surface area contributed by atoms with Crippen molar-refractivity contribution in [2.24, 2.45) is 0 Å². The summed E-state index contributed by atoms with van der Waals surface area (Å²) in [7, 11) is 0. The molecule has 4 nitrogen and oxygen atoms in total. The predicted octanol–water partition coefficient (Wildman–Crippen LogP) is 5.15. The lowest BCUT2D eigenvalue weighted by molar-refractivity contribution is -0.138. The number of aliphatic carboxylic acids is 1. The molecule has 0 amide bonds. The first-order chi connectivity index (χ1) is 13.4. The first-order valence-electron chi connectivity index (χ1n) is 9.26. The number of halogens is 2. The number of Topliss-reactive ketones (excluding diaryl/α,β-unsaturated/α-hetero) is 1. The summed E-state index contributed by atoms with van der Waals surface area (Å²) in [6.45, 7) is 0. The summed E-state index contributed by atoms with van der Waals surface area (Å²) in [5.74, 6) is -4.24. The third-order valence-electron chi connectivity index (χ3n) is 5.61. The van der Waals surface area contributed by atoms with Crippen LogP contribution in [0.25, 0.3) is 10.9 Å². The molecule has 3 aromatic rings. The largest absolute Gasteiger partial charge is 0.481 e. The molecule has 1 unspecified atom stereocenters. The number of aromatic amines is 1. The molecule has 0 saturated heterocycles. The molecule has 0 radical (unpaired) electrons. The predicted molar refractivity (Wildman–Crippen MR) is 101 cm³/mol. The molecule has 4 rings (SSSR count). The van der Waals surface area contributed by atoms with E-state index in [9.17, 15) is 23.5 Å². The van der Waals surface area contributed by atoms with Crippen molar-refractivity contribution in [2.75, 3.05) is 0 Å². The summed E-state index contributed by atoms with van der Waals surface area (Å²) >= 11 is 0. The van der Waals surface area contributed by atoms with Crippen LogP contribution in [0.3, 0.4) is 0 Å². The van der Waals surface area contributed by atoms with E-state index in [1.807, 2.05) is 18.2 Å². The third kappa shape index (κ3) is 3.30. The fourth-order valence-corrected chi connectivity index (χ4v) is 3.78. The van der Waals surface area contributed by atoms with Crippen LogP contribution in [0.15, 0.2) is 42.6 Å². The Kier molecular flexibility index (Phi) is 4.71. The minimum Gasteiger partial charge on any atom is -0.481 e. The zero-order valence-electron chi connectivity index (χ0n) is 15.0. The van der Waals surface area contributed by atoms with Crippen molar-refractivity contribution in [2.45, 2.75) is 37.5 Å². The highest BCUT2D eigenvalue weighted by molar-refractivity contribution is 6.00. The fourth-order valence-electron chi connectivity index (χ4n) is 3.78. The Bertz CT molecular complexity index is 1070. The van der Waals surface area contributed by atoms with Gasteiger partial charge in [0, 0.05) is 29.6 Å². The highest BCUT2D eigenvalue weighted by Gasteiger charge is 2.28. The van der Waals surface area contributed by atoms with Crippen LogP contribution in [0.4, 0.5) is 8.78 Å². The molecule has 0 bridgehead atoms. The van der Waals surface area contributed by atoms with Crippen molar-refractivity contribution in [1.29, 1.82) is 0 Å². The summed E-state index contributed by atoms with van der Waals surface area (Å²) in [5, 5.41) is 10.5. The molecular weight excluding hydrogens is 364 g/mol. The summed E-state index contributed by atoms with van der Waals surface area (Å²) in [4.78, 5) is 27.5. The van der Waals surface area contributed by atoms with E-state index in [-0.39, 0.29) is 5.56 Å². The van der Waals surface area contributed by atoms with E-state index in [0.717, 1.165) is 35.9 Å². The van der Waals surface area contributed by atoms with Crippen LogP contribution in [0.5, 0.6) is 0 Å². The van der Waals surface area contributed by atoms with E-state index in [4.69, 9.17) is 0 Å². The lowest BCUT2D eigenvalue weighted by atomic mass is 9.79. The van der Waals surface area contributed by atoms with Gasteiger partial charge in [-0.3, -0.25) is 9.59 Å². The Morgan fingerprint density at radius 3 is 2.57 bits per heavy atom. The van der Waals surface area contributed by atoms with Crippen molar-refractivity contribution in [3.63, 3.8) is 0 Å². The van der Waals surface area contributed by atoms with Crippen molar-refractivity contribution >= 4 is 22.7 Å². The minimum atomic E-state index is -1.16. The van der Waals surface area contributed by atoms with Gasteiger partial charge in [0.25, 0.3) is 0 Å². The number of nitrogens with one attached hydrogen (secondary N) is 1. The SMILES string of the molecule is O=C(CC(C(=O)O)c1c[nH]c2ccc(C3CCC3)cc12)c1ccc(F)cc1F. The quantitative estimate of drug-likeness (QED) is 0.578. The molecule has 1 fully saturated rings. The molecule has 2 N–H and O–H groups in total. The number of fused-ring (bicyclic) bond motifs is 1. The van der Waals surface area contributed by atoms with Gasteiger partial charge in [-0.2, -0.15) is 0 Å². The molecular formula is C22H19F2NO3. The molecule has 1 atom stereocenters. The van der Waals surface area contributed by atoms with Gasteiger partial charge in [-0.15, -0.1) is 0 Å². The lowest BCUT2D eigenvalue weighted by Gasteiger charge is -2.26.